The van der Waals surface area contributed by atoms with Gasteiger partial charge in [0.1, 0.15) is 16.9 Å². The van der Waals surface area contributed by atoms with E-state index in [1.54, 1.807) is 28.5 Å². The fourth-order valence-electron chi connectivity index (χ4n) is 11.8. The Morgan fingerprint density at radius 2 is 1.70 bits per heavy atom. The number of hydrogen-bond acceptors (Lipinski definition) is 14. The quantitative estimate of drug-likeness (QED) is 0.200. The summed E-state index contributed by atoms with van der Waals surface area (Å²) >= 11 is 0. The van der Waals surface area contributed by atoms with Gasteiger partial charge in [-0.1, -0.05) is 25.5 Å². The van der Waals surface area contributed by atoms with Crippen LogP contribution in [0.1, 0.15) is 95.0 Å². The topological polar surface area (TPSA) is 229 Å². The van der Waals surface area contributed by atoms with Gasteiger partial charge >= 0.3 is 24.0 Å². The van der Waals surface area contributed by atoms with Crippen LogP contribution in [0.5, 0.6) is 5.75 Å². The number of methoxy groups -OCH3 is 1. The van der Waals surface area contributed by atoms with Crippen LogP contribution in [0.25, 0.3) is 10.9 Å². The third-order valence-corrected chi connectivity index (χ3v) is 15.2. The molecule has 5 fully saturated rings. The number of rotatable bonds is 12. The van der Waals surface area contributed by atoms with Crippen molar-refractivity contribution in [3.8, 4) is 5.75 Å². The smallest absolute Gasteiger partial charge is 0.413 e. The molecule has 64 heavy (non-hydrogen) atoms. The molecule has 0 spiro atoms. The number of anilines is 1. The number of allylic oxidation sites excluding steroid dienone is 4. The van der Waals surface area contributed by atoms with E-state index in [0.717, 1.165) is 24.5 Å². The van der Waals surface area contributed by atoms with Crippen molar-refractivity contribution in [3.63, 3.8) is 0 Å². The number of nitrogens with zero attached hydrogens (tertiary/aromatic N) is 3. The maximum absolute atomic E-state index is 15.8. The van der Waals surface area contributed by atoms with Crippen molar-refractivity contribution < 1.29 is 67.4 Å². The lowest BCUT2D eigenvalue weighted by molar-refractivity contribution is -0.181. The number of benzene rings is 1. The van der Waals surface area contributed by atoms with Crippen LogP contribution in [0.2, 0.25) is 0 Å². The number of carbonyl (C=O) groups is 6. The Balaban J connectivity index is 0.800. The van der Waals surface area contributed by atoms with Gasteiger partial charge in [-0.2, -0.15) is 0 Å². The highest BCUT2D eigenvalue weighted by Gasteiger charge is 2.68. The van der Waals surface area contributed by atoms with Gasteiger partial charge < -0.3 is 48.6 Å². The third kappa shape index (κ3) is 7.55. The van der Waals surface area contributed by atoms with E-state index >= 15 is 4.39 Å². The van der Waals surface area contributed by atoms with Crippen LogP contribution in [0, 0.1) is 34.4 Å². The summed E-state index contributed by atoms with van der Waals surface area (Å²) in [7, 11) is 1.34. The zero-order chi connectivity index (χ0) is 46.0. The summed E-state index contributed by atoms with van der Waals surface area (Å²) in [5.74, 6) is -4.89. The van der Waals surface area contributed by atoms with Crippen molar-refractivity contribution in [2.24, 2.45) is 28.6 Å². The maximum Gasteiger partial charge on any atom is 0.413 e. The average molecular weight is 892 g/mol. The van der Waals surface area contributed by atoms with Gasteiger partial charge in [0, 0.05) is 54.7 Å². The van der Waals surface area contributed by atoms with Crippen molar-refractivity contribution in [2.75, 3.05) is 45.0 Å². The van der Waals surface area contributed by atoms with E-state index < -0.39 is 101 Å². The molecule has 2 aromatic rings. The van der Waals surface area contributed by atoms with Gasteiger partial charge in [0.25, 0.3) is 0 Å². The number of amides is 1. The van der Waals surface area contributed by atoms with Crippen molar-refractivity contribution in [3.05, 3.63) is 57.7 Å². The standard InChI is InChI=1S/C46H54FN3O14/c1-24-20-48(39-32(47)18-29-38(41(39)61-4)50(26-6-7-26)21-30(40(29)56)42(57)58)15-16-49(24)43(59)64-23-63-36(55)10-9-35(54)62-22-34(53)46(60)14-12-31-28-8-5-25-17-27(51)11-13-44(25,2)37(28)33(52)19-45(31,46)3/h11,13,17-18,21,24,26,28,31,33,37,52,60H,5-10,12,14-16,19-20,22-23H2,1-4H3,(H,57,58)/t24?,28?,31?,33?,37?,44-,45-,46-/m0/s1. The summed E-state index contributed by atoms with van der Waals surface area (Å²) in [6, 6.07) is 0.414. The summed E-state index contributed by atoms with van der Waals surface area (Å²) in [5, 5.41) is 33.0. The number of piperazine rings is 1. The summed E-state index contributed by atoms with van der Waals surface area (Å²) < 4.78 is 38.6. The van der Waals surface area contributed by atoms with Crippen LogP contribution in [0.3, 0.4) is 0 Å². The van der Waals surface area contributed by atoms with Crippen molar-refractivity contribution in [1.82, 2.24) is 9.47 Å². The molecule has 6 aliphatic rings. The number of esters is 2. The number of halogens is 1. The van der Waals surface area contributed by atoms with Crippen molar-refractivity contribution in [1.29, 1.82) is 0 Å². The fraction of sp³-hybridized carbons (Fsp3) is 0.587. The first-order chi connectivity index (χ1) is 30.3. The zero-order valence-corrected chi connectivity index (χ0v) is 36.3. The van der Waals surface area contributed by atoms with Crippen molar-refractivity contribution >= 4 is 52.2 Å². The number of aliphatic hydroxyl groups excluding tert-OH is 1. The van der Waals surface area contributed by atoms with E-state index in [1.165, 1.54) is 18.2 Å². The zero-order valence-electron chi connectivity index (χ0n) is 36.3. The predicted molar refractivity (Wildman–Crippen MR) is 224 cm³/mol. The summed E-state index contributed by atoms with van der Waals surface area (Å²) in [4.78, 5) is 91.8. The second-order valence-electron chi connectivity index (χ2n) is 18.7. The Morgan fingerprint density at radius 3 is 2.38 bits per heavy atom. The molecule has 1 aromatic carbocycles. The van der Waals surface area contributed by atoms with Crippen LogP contribution in [-0.4, -0.2) is 118 Å². The molecule has 344 valence electrons. The van der Waals surface area contributed by atoms with Gasteiger partial charge in [0.2, 0.25) is 18.0 Å². The normalized spacial score (nSPS) is 30.8. The van der Waals surface area contributed by atoms with Crippen LogP contribution >= 0.6 is 0 Å². The van der Waals surface area contributed by atoms with E-state index in [4.69, 9.17) is 18.9 Å². The van der Waals surface area contributed by atoms with Gasteiger partial charge in [-0.05, 0) is 81.9 Å². The number of carbonyl (C=O) groups excluding carboxylic acids is 5. The minimum atomic E-state index is -1.84. The molecule has 8 rings (SSSR count). The number of hydrogen-bond donors (Lipinski definition) is 3. The Morgan fingerprint density at radius 1 is 0.984 bits per heavy atom. The van der Waals surface area contributed by atoms with Crippen LogP contribution < -0.4 is 15.1 Å². The number of ketones is 2. The highest BCUT2D eigenvalue weighted by atomic mass is 19.1. The number of carboxylic acids is 1. The third-order valence-electron chi connectivity index (χ3n) is 15.2. The molecule has 5 aliphatic carbocycles. The lowest BCUT2D eigenvalue weighted by atomic mass is 9.46. The number of ether oxygens (including phenoxy) is 4. The lowest BCUT2D eigenvalue weighted by Gasteiger charge is -2.59. The highest BCUT2D eigenvalue weighted by molar-refractivity contribution is 6.01. The Bertz CT molecular complexity index is 2440. The molecule has 1 amide bonds. The molecule has 17 nitrogen and oxygen atoms in total. The van der Waals surface area contributed by atoms with Gasteiger partial charge in [-0.25, -0.2) is 14.0 Å². The fourth-order valence-corrected chi connectivity index (χ4v) is 11.8. The molecule has 1 saturated heterocycles. The van der Waals surface area contributed by atoms with Gasteiger partial charge in [-0.15, -0.1) is 0 Å². The van der Waals surface area contributed by atoms with E-state index in [-0.39, 0.29) is 84.4 Å². The summed E-state index contributed by atoms with van der Waals surface area (Å²) in [6.07, 6.45) is 7.59. The van der Waals surface area contributed by atoms with E-state index in [1.807, 2.05) is 19.9 Å². The molecular weight excluding hydrogens is 838 g/mol. The second kappa shape index (κ2) is 16.7. The summed E-state index contributed by atoms with van der Waals surface area (Å²) in [5.41, 5.74) is -3.27. The first kappa shape index (κ1) is 45.0. The van der Waals surface area contributed by atoms with Crippen LogP contribution in [0.4, 0.5) is 14.9 Å². The Labute approximate surface area is 367 Å². The molecule has 8 atom stereocenters. The number of pyridine rings is 1. The maximum atomic E-state index is 15.8. The number of carboxylic acid groups (broad SMARTS) is 1. The predicted octanol–water partition coefficient (Wildman–Crippen LogP) is 4.23. The average Bonchev–Trinajstić information content (AvgIpc) is 4.05. The van der Waals surface area contributed by atoms with Crippen LogP contribution in [0.15, 0.2) is 40.9 Å². The first-order valence-corrected chi connectivity index (χ1v) is 21.9. The minimum Gasteiger partial charge on any atom is -0.492 e. The molecule has 5 unspecified atom stereocenters. The molecular formula is C46H54FN3O14. The van der Waals surface area contributed by atoms with E-state index in [0.29, 0.717) is 19.3 Å². The molecule has 3 N–H and O–H groups in total. The first-order valence-electron chi connectivity index (χ1n) is 21.9. The number of aromatic nitrogens is 1. The summed E-state index contributed by atoms with van der Waals surface area (Å²) in [6.45, 7) is 4.42. The molecule has 0 bridgehead atoms. The Kier molecular flexibility index (Phi) is 11.8. The van der Waals surface area contributed by atoms with Crippen molar-refractivity contribution in [2.45, 2.75) is 102 Å². The molecule has 18 heteroatoms. The number of aliphatic hydroxyl groups is 2. The molecule has 1 aromatic heterocycles. The Hall–Kier alpha value is -5.62. The molecule has 4 saturated carbocycles. The SMILES string of the molecule is COc1c(N2CCN(C(=O)OCOC(=O)CCC(=O)OCC(=O)[C@@]3(O)CCC4C5CCC6=CC(=O)C=C[C@]6(C)C5C(O)C[C@@]43C)C(C)C2)c(F)cc2c(=O)c(C(=O)O)cn(C3CC3)c12. The minimum absolute atomic E-state index is 0.00336. The van der Waals surface area contributed by atoms with Gasteiger partial charge in [-0.3, -0.25) is 24.0 Å². The molecule has 1 aliphatic heterocycles. The number of fused-ring (bicyclic) bond motifs is 6. The van der Waals surface area contributed by atoms with Crippen LogP contribution in [-0.2, 0) is 33.4 Å². The highest BCUT2D eigenvalue weighted by Crippen LogP contribution is 2.67. The van der Waals surface area contributed by atoms with E-state index in [2.05, 4.69) is 0 Å². The lowest BCUT2D eigenvalue weighted by Crippen LogP contribution is -2.61. The van der Waals surface area contributed by atoms with Gasteiger partial charge in [0.15, 0.2) is 24.0 Å². The molecule has 0 radical (unpaired) electrons. The largest absolute Gasteiger partial charge is 0.492 e. The second-order valence-corrected chi connectivity index (χ2v) is 18.7. The monoisotopic (exact) mass is 891 g/mol. The number of aromatic carboxylic acids is 1. The molecule has 2 heterocycles. The van der Waals surface area contributed by atoms with Gasteiger partial charge in [0.05, 0.1) is 37.0 Å². The van der Waals surface area contributed by atoms with E-state index in [9.17, 15) is 48.9 Å². The number of Topliss-reactive ketones (excluding diaryl/α,β-unsaturated/α-hetero) is 1.